The number of piperidine rings is 1. The maximum absolute atomic E-state index is 5.43. The van der Waals surface area contributed by atoms with Crippen LogP contribution in [-0.2, 0) is 19.5 Å². The van der Waals surface area contributed by atoms with Gasteiger partial charge in [-0.2, -0.15) is 0 Å². The van der Waals surface area contributed by atoms with Crippen LogP contribution in [0.5, 0.6) is 0 Å². The third-order valence-corrected chi connectivity index (χ3v) is 5.73. The van der Waals surface area contributed by atoms with Crippen molar-refractivity contribution in [2.45, 2.75) is 64.5 Å². The molecule has 5 nitrogen and oxygen atoms in total. The molecule has 1 saturated carbocycles. The molecule has 2 aromatic heterocycles. The Kier molecular flexibility index (Phi) is 4.69. The predicted molar refractivity (Wildman–Crippen MR) is 92.7 cm³/mol. The molecule has 0 spiro atoms. The van der Waals surface area contributed by atoms with Gasteiger partial charge in [-0.3, -0.25) is 4.90 Å². The molecule has 0 bridgehead atoms. The molecule has 0 aromatic carbocycles. The molecule has 2 aromatic rings. The molecule has 4 rings (SSSR count). The van der Waals surface area contributed by atoms with E-state index in [0.717, 1.165) is 43.4 Å². The summed E-state index contributed by atoms with van der Waals surface area (Å²) in [6.07, 6.45) is 11.7. The summed E-state index contributed by atoms with van der Waals surface area (Å²) in [5.74, 6) is 3.81. The van der Waals surface area contributed by atoms with Crippen LogP contribution in [0.15, 0.2) is 23.0 Å². The molecule has 5 heteroatoms. The van der Waals surface area contributed by atoms with Crippen LogP contribution in [0.4, 0.5) is 0 Å². The Hall–Kier alpha value is -1.62. The zero-order valence-corrected chi connectivity index (χ0v) is 14.7. The molecule has 0 N–H and O–H groups in total. The fourth-order valence-corrected chi connectivity index (χ4v) is 3.96. The summed E-state index contributed by atoms with van der Waals surface area (Å²) in [6, 6.07) is 2.09. The van der Waals surface area contributed by atoms with Crippen LogP contribution in [0.3, 0.4) is 0 Å². The van der Waals surface area contributed by atoms with E-state index in [1.807, 2.05) is 6.20 Å². The van der Waals surface area contributed by atoms with E-state index < -0.39 is 0 Å². The zero-order valence-electron chi connectivity index (χ0n) is 14.7. The normalized spacial score (nSPS) is 20.4. The van der Waals surface area contributed by atoms with Crippen LogP contribution in [0.1, 0.15) is 62.2 Å². The quantitative estimate of drug-likeness (QED) is 0.812. The van der Waals surface area contributed by atoms with E-state index in [-0.39, 0.29) is 0 Å². The highest BCUT2D eigenvalue weighted by atomic mass is 16.5. The summed E-state index contributed by atoms with van der Waals surface area (Å²) in [4.78, 5) is 7.17. The van der Waals surface area contributed by atoms with Crippen LogP contribution in [0.2, 0.25) is 0 Å². The topological polar surface area (TPSA) is 47.1 Å². The molecule has 3 heterocycles. The first-order valence-electron chi connectivity index (χ1n) is 9.49. The van der Waals surface area contributed by atoms with Gasteiger partial charge in [-0.25, -0.2) is 4.98 Å². The van der Waals surface area contributed by atoms with Crippen molar-refractivity contribution < 1.29 is 4.52 Å². The number of imidazole rings is 1. The van der Waals surface area contributed by atoms with Gasteiger partial charge in [-0.15, -0.1) is 0 Å². The van der Waals surface area contributed by atoms with Crippen molar-refractivity contribution in [2.24, 2.45) is 5.92 Å². The van der Waals surface area contributed by atoms with E-state index in [0.29, 0.717) is 5.92 Å². The minimum Gasteiger partial charge on any atom is -0.360 e. The Bertz CT molecular complexity index is 650. The molecule has 0 atom stereocenters. The summed E-state index contributed by atoms with van der Waals surface area (Å²) in [7, 11) is 0. The number of aromatic nitrogens is 3. The number of nitrogens with zero attached hydrogens (tertiary/aromatic N) is 4. The van der Waals surface area contributed by atoms with E-state index in [4.69, 9.17) is 9.51 Å². The van der Waals surface area contributed by atoms with Gasteiger partial charge in [0.2, 0.25) is 0 Å². The van der Waals surface area contributed by atoms with Crippen LogP contribution in [-0.4, -0.2) is 32.7 Å². The molecule has 1 aliphatic carbocycles. The van der Waals surface area contributed by atoms with E-state index in [2.05, 4.69) is 33.8 Å². The highest BCUT2D eigenvalue weighted by Gasteiger charge is 2.26. The average Bonchev–Trinajstić information content (AvgIpc) is 3.21. The molecule has 1 aliphatic heterocycles. The van der Waals surface area contributed by atoms with Gasteiger partial charge in [0.1, 0.15) is 5.82 Å². The third kappa shape index (κ3) is 3.41. The second-order valence-corrected chi connectivity index (χ2v) is 7.42. The van der Waals surface area contributed by atoms with Gasteiger partial charge in [0.05, 0.1) is 12.2 Å². The van der Waals surface area contributed by atoms with Crippen LogP contribution >= 0.6 is 0 Å². The Morgan fingerprint density at radius 1 is 1.21 bits per heavy atom. The Morgan fingerprint density at radius 2 is 2.04 bits per heavy atom. The summed E-state index contributed by atoms with van der Waals surface area (Å²) in [5, 5.41) is 4.09. The van der Waals surface area contributed by atoms with E-state index in [1.165, 1.54) is 44.5 Å². The molecule has 2 fully saturated rings. The molecular weight excluding hydrogens is 300 g/mol. The average molecular weight is 328 g/mol. The number of aryl methyl sites for hydroxylation is 1. The van der Waals surface area contributed by atoms with Gasteiger partial charge in [-0.05, 0) is 51.1 Å². The van der Waals surface area contributed by atoms with Crippen LogP contribution < -0.4 is 0 Å². The SMILES string of the molecule is CCc1cc(CN2CCC(c3nccn3CC3CCC3)CC2)on1. The van der Waals surface area contributed by atoms with Crippen molar-refractivity contribution in [3.63, 3.8) is 0 Å². The molecule has 0 unspecified atom stereocenters. The Morgan fingerprint density at radius 3 is 2.71 bits per heavy atom. The van der Waals surface area contributed by atoms with E-state index >= 15 is 0 Å². The first-order valence-corrected chi connectivity index (χ1v) is 9.49. The van der Waals surface area contributed by atoms with Gasteiger partial charge in [-0.1, -0.05) is 18.5 Å². The summed E-state index contributed by atoms with van der Waals surface area (Å²) in [6.45, 7) is 6.40. The Balaban J connectivity index is 1.32. The summed E-state index contributed by atoms with van der Waals surface area (Å²) in [5.41, 5.74) is 1.05. The fraction of sp³-hybridized carbons (Fsp3) is 0.684. The highest BCUT2D eigenvalue weighted by Crippen LogP contribution is 2.31. The first-order chi connectivity index (χ1) is 11.8. The molecular formula is C19H28N4O. The minimum atomic E-state index is 0.609. The lowest BCUT2D eigenvalue weighted by molar-refractivity contribution is 0.179. The molecule has 2 aliphatic rings. The van der Waals surface area contributed by atoms with E-state index in [9.17, 15) is 0 Å². The molecule has 1 saturated heterocycles. The van der Waals surface area contributed by atoms with Gasteiger partial charge in [0.15, 0.2) is 5.76 Å². The standard InChI is InChI=1S/C19H28N4O/c1-2-17-12-18(24-21-17)14-22-9-6-16(7-10-22)19-20-8-11-23(19)13-15-4-3-5-15/h8,11-12,15-16H,2-7,9-10,13-14H2,1H3. The smallest absolute Gasteiger partial charge is 0.150 e. The summed E-state index contributed by atoms with van der Waals surface area (Å²) < 4.78 is 7.86. The van der Waals surface area contributed by atoms with E-state index in [1.54, 1.807) is 0 Å². The zero-order chi connectivity index (χ0) is 16.4. The minimum absolute atomic E-state index is 0.609. The Labute approximate surface area is 144 Å². The molecule has 24 heavy (non-hydrogen) atoms. The van der Waals surface area contributed by atoms with Crippen molar-refractivity contribution in [2.75, 3.05) is 13.1 Å². The van der Waals surface area contributed by atoms with Crippen LogP contribution in [0, 0.1) is 5.92 Å². The number of likely N-dealkylation sites (tertiary alicyclic amines) is 1. The van der Waals surface area contributed by atoms with Crippen molar-refractivity contribution in [3.8, 4) is 0 Å². The lowest BCUT2D eigenvalue weighted by Gasteiger charge is -2.32. The molecule has 0 radical (unpaired) electrons. The highest BCUT2D eigenvalue weighted by molar-refractivity contribution is 5.06. The van der Waals surface area contributed by atoms with Gasteiger partial charge in [0.25, 0.3) is 0 Å². The number of hydrogen-bond acceptors (Lipinski definition) is 4. The van der Waals surface area contributed by atoms with Crippen molar-refractivity contribution in [1.29, 1.82) is 0 Å². The first kappa shape index (κ1) is 15.9. The predicted octanol–water partition coefficient (Wildman–Crippen LogP) is 3.61. The largest absolute Gasteiger partial charge is 0.360 e. The van der Waals surface area contributed by atoms with Gasteiger partial charge < -0.3 is 9.09 Å². The molecule has 130 valence electrons. The van der Waals surface area contributed by atoms with Crippen molar-refractivity contribution in [3.05, 3.63) is 35.7 Å². The second-order valence-electron chi connectivity index (χ2n) is 7.42. The maximum atomic E-state index is 5.43. The van der Waals surface area contributed by atoms with Gasteiger partial charge >= 0.3 is 0 Å². The number of rotatable bonds is 6. The summed E-state index contributed by atoms with van der Waals surface area (Å²) >= 11 is 0. The maximum Gasteiger partial charge on any atom is 0.150 e. The van der Waals surface area contributed by atoms with Crippen molar-refractivity contribution >= 4 is 0 Å². The lowest BCUT2D eigenvalue weighted by Crippen LogP contribution is -2.33. The van der Waals surface area contributed by atoms with Crippen molar-refractivity contribution in [1.82, 2.24) is 19.6 Å². The lowest BCUT2D eigenvalue weighted by atomic mass is 9.85. The fourth-order valence-electron chi connectivity index (χ4n) is 3.96. The second kappa shape index (κ2) is 7.09. The monoisotopic (exact) mass is 328 g/mol. The van der Waals surface area contributed by atoms with Gasteiger partial charge in [0, 0.05) is 30.9 Å². The molecule has 0 amide bonds. The number of hydrogen-bond donors (Lipinski definition) is 0. The van der Waals surface area contributed by atoms with Crippen LogP contribution in [0.25, 0.3) is 0 Å². The third-order valence-electron chi connectivity index (χ3n) is 5.73.